The second-order valence-electron chi connectivity index (χ2n) is 10.6. The molecule has 2 N–H and O–H groups in total. The van der Waals surface area contributed by atoms with E-state index in [-0.39, 0.29) is 10.9 Å². The average molecular weight is 578 g/mol. The minimum atomic E-state index is -3.43. The molecule has 2 heterocycles. The molecular formula is C31H39N5O4S. The summed E-state index contributed by atoms with van der Waals surface area (Å²) in [5, 5.41) is 6.71. The van der Waals surface area contributed by atoms with Gasteiger partial charge in [-0.25, -0.2) is 18.4 Å². The van der Waals surface area contributed by atoms with Crippen LogP contribution in [0.5, 0.6) is 0 Å². The SMILES string of the molecule is CN/C(=C\c1c(C=O)cc(C)cc1[C@@H](C)Nc1ccccc1S(C)(=O)=O)N1CCC(OC)(c2cnc(C)nc2)CC1. The Morgan fingerprint density at radius 1 is 1.12 bits per heavy atom. The van der Waals surface area contributed by atoms with E-state index in [0.717, 1.165) is 66.1 Å². The van der Waals surface area contributed by atoms with E-state index < -0.39 is 15.4 Å². The second kappa shape index (κ2) is 12.4. The van der Waals surface area contributed by atoms with Crippen molar-refractivity contribution in [3.8, 4) is 0 Å². The largest absolute Gasteiger partial charge is 0.377 e. The highest BCUT2D eigenvalue weighted by molar-refractivity contribution is 7.90. The second-order valence-corrected chi connectivity index (χ2v) is 12.6. The summed E-state index contributed by atoms with van der Waals surface area (Å²) >= 11 is 0. The van der Waals surface area contributed by atoms with E-state index in [2.05, 4.69) is 25.5 Å². The van der Waals surface area contributed by atoms with E-state index in [1.807, 2.05) is 58.4 Å². The Balaban J connectivity index is 1.67. The lowest BCUT2D eigenvalue weighted by Gasteiger charge is -2.42. The van der Waals surface area contributed by atoms with Gasteiger partial charge in [-0.3, -0.25) is 4.79 Å². The van der Waals surface area contributed by atoms with Gasteiger partial charge in [0.05, 0.1) is 16.2 Å². The van der Waals surface area contributed by atoms with Crippen LogP contribution >= 0.6 is 0 Å². The average Bonchev–Trinajstić information content (AvgIpc) is 2.96. The zero-order valence-corrected chi connectivity index (χ0v) is 25.4. The lowest BCUT2D eigenvalue weighted by atomic mass is 9.85. The molecular weight excluding hydrogens is 538 g/mol. The molecule has 0 spiro atoms. The van der Waals surface area contributed by atoms with Crippen molar-refractivity contribution < 1.29 is 17.9 Å². The van der Waals surface area contributed by atoms with Crippen LogP contribution in [0.15, 0.2) is 59.5 Å². The molecule has 0 unspecified atom stereocenters. The van der Waals surface area contributed by atoms with E-state index in [9.17, 15) is 13.2 Å². The standard InChI is InChI=1S/C31H39N5O4S/c1-21-15-24(20-37)27(26(16-21)22(2)35-28-9-7-8-10-29(28)41(6,38)39)17-30(32-4)36-13-11-31(40-5,12-14-36)25-18-33-23(3)34-19-25/h7-10,15-20,22,32,35H,11-14H2,1-6H3/b30-17+/t22-/m1/s1. The van der Waals surface area contributed by atoms with Crippen LogP contribution in [-0.4, -0.2) is 63.1 Å². The Hall–Kier alpha value is -3.76. The van der Waals surface area contributed by atoms with Crippen molar-refractivity contribution in [1.82, 2.24) is 20.2 Å². The number of aldehydes is 1. The maximum Gasteiger partial charge on any atom is 0.177 e. The molecule has 1 fully saturated rings. The van der Waals surface area contributed by atoms with Crippen molar-refractivity contribution in [1.29, 1.82) is 0 Å². The van der Waals surface area contributed by atoms with Gasteiger partial charge in [-0.1, -0.05) is 23.8 Å². The van der Waals surface area contributed by atoms with Crippen molar-refractivity contribution in [3.05, 3.63) is 88.3 Å². The quantitative estimate of drug-likeness (QED) is 0.333. The van der Waals surface area contributed by atoms with Crippen molar-refractivity contribution in [2.24, 2.45) is 0 Å². The summed E-state index contributed by atoms with van der Waals surface area (Å²) in [4.78, 5) is 23.5. The zero-order valence-electron chi connectivity index (χ0n) is 24.6. The van der Waals surface area contributed by atoms with E-state index in [4.69, 9.17) is 4.74 Å². The topological polar surface area (TPSA) is 114 Å². The first-order chi connectivity index (χ1) is 19.5. The maximum atomic E-state index is 12.4. The minimum absolute atomic E-state index is 0.233. The fourth-order valence-corrected chi connectivity index (χ4v) is 6.35. The highest BCUT2D eigenvalue weighted by Crippen LogP contribution is 2.37. The number of nitrogens with zero attached hydrogens (tertiary/aromatic N) is 3. The number of likely N-dealkylation sites (tertiary alicyclic amines) is 1. The number of benzene rings is 2. The first kappa shape index (κ1) is 30.2. The van der Waals surface area contributed by atoms with E-state index in [0.29, 0.717) is 11.3 Å². The van der Waals surface area contributed by atoms with Crippen molar-refractivity contribution in [2.75, 3.05) is 38.8 Å². The third-order valence-corrected chi connectivity index (χ3v) is 8.94. The number of ether oxygens (including phenoxy) is 1. The molecule has 41 heavy (non-hydrogen) atoms. The number of para-hydroxylation sites is 1. The lowest BCUT2D eigenvalue weighted by Crippen LogP contribution is -2.45. The summed E-state index contributed by atoms with van der Waals surface area (Å²) in [5.74, 6) is 1.60. The minimum Gasteiger partial charge on any atom is -0.377 e. The molecule has 1 aliphatic rings. The first-order valence-electron chi connectivity index (χ1n) is 13.7. The third-order valence-electron chi connectivity index (χ3n) is 7.79. The molecule has 218 valence electrons. The van der Waals surface area contributed by atoms with Gasteiger partial charge in [-0.2, -0.15) is 0 Å². The van der Waals surface area contributed by atoms with Crippen LogP contribution in [0.3, 0.4) is 0 Å². The van der Waals surface area contributed by atoms with Gasteiger partial charge in [0.2, 0.25) is 0 Å². The number of carbonyl (C=O) groups is 1. The summed E-state index contributed by atoms with van der Waals surface area (Å²) in [6, 6.07) is 10.5. The highest BCUT2D eigenvalue weighted by atomic mass is 32.2. The molecule has 1 aliphatic heterocycles. The summed E-state index contributed by atoms with van der Waals surface area (Å²) in [7, 11) is 0.174. The Morgan fingerprint density at radius 2 is 1.78 bits per heavy atom. The van der Waals surface area contributed by atoms with Crippen LogP contribution in [0.25, 0.3) is 6.08 Å². The molecule has 1 aromatic heterocycles. The van der Waals surface area contributed by atoms with Crippen LogP contribution in [0, 0.1) is 13.8 Å². The van der Waals surface area contributed by atoms with Crippen LogP contribution in [0.2, 0.25) is 0 Å². The van der Waals surface area contributed by atoms with Gasteiger partial charge in [0.15, 0.2) is 16.1 Å². The monoisotopic (exact) mass is 577 g/mol. The van der Waals surface area contributed by atoms with Gasteiger partial charge >= 0.3 is 0 Å². The molecule has 1 saturated heterocycles. The number of carbonyl (C=O) groups excluding carboxylic acids is 1. The number of aromatic nitrogens is 2. The van der Waals surface area contributed by atoms with E-state index in [1.165, 1.54) is 6.26 Å². The van der Waals surface area contributed by atoms with E-state index in [1.54, 1.807) is 31.4 Å². The summed E-state index contributed by atoms with van der Waals surface area (Å²) < 4.78 is 30.8. The molecule has 2 aromatic carbocycles. The van der Waals surface area contributed by atoms with Crippen molar-refractivity contribution in [2.45, 2.75) is 50.2 Å². The van der Waals surface area contributed by atoms with Crippen LogP contribution in [-0.2, 0) is 20.2 Å². The van der Waals surface area contributed by atoms with Crippen molar-refractivity contribution in [3.63, 3.8) is 0 Å². The van der Waals surface area contributed by atoms with Crippen LogP contribution in [0.1, 0.15) is 64.2 Å². The predicted molar refractivity (Wildman–Crippen MR) is 161 cm³/mol. The van der Waals surface area contributed by atoms with E-state index >= 15 is 0 Å². The zero-order chi connectivity index (χ0) is 29.8. The highest BCUT2D eigenvalue weighted by Gasteiger charge is 2.37. The third kappa shape index (κ3) is 6.60. The number of hydrogen-bond acceptors (Lipinski definition) is 9. The van der Waals surface area contributed by atoms with Gasteiger partial charge in [-0.15, -0.1) is 0 Å². The Labute approximate surface area is 243 Å². The van der Waals surface area contributed by atoms with Gasteiger partial charge < -0.3 is 20.3 Å². The molecule has 1 atom stereocenters. The Kier molecular flexibility index (Phi) is 9.14. The fourth-order valence-electron chi connectivity index (χ4n) is 5.50. The van der Waals surface area contributed by atoms with Gasteiger partial charge in [0.1, 0.15) is 11.6 Å². The normalized spacial score (nSPS) is 16.2. The molecule has 0 aliphatic carbocycles. The molecule has 3 aromatic rings. The molecule has 4 rings (SSSR count). The lowest BCUT2D eigenvalue weighted by molar-refractivity contribution is -0.0583. The predicted octanol–water partition coefficient (Wildman–Crippen LogP) is 4.64. The molecule has 0 bridgehead atoms. The van der Waals surface area contributed by atoms with Gasteiger partial charge in [0.25, 0.3) is 0 Å². The van der Waals surface area contributed by atoms with Crippen LogP contribution < -0.4 is 10.6 Å². The van der Waals surface area contributed by atoms with Gasteiger partial charge in [-0.05, 0) is 69.0 Å². The van der Waals surface area contributed by atoms with Gasteiger partial charge in [0, 0.05) is 63.1 Å². The molecule has 0 radical (unpaired) electrons. The number of methoxy groups -OCH3 is 1. The smallest absolute Gasteiger partial charge is 0.177 e. The molecule has 0 saturated carbocycles. The Bertz CT molecular complexity index is 1530. The molecule has 9 nitrogen and oxygen atoms in total. The number of hydrogen-bond donors (Lipinski definition) is 2. The number of anilines is 1. The van der Waals surface area contributed by atoms with Crippen molar-refractivity contribution >= 4 is 27.9 Å². The fraction of sp³-hybridized carbons (Fsp3) is 0.387. The first-order valence-corrected chi connectivity index (χ1v) is 15.5. The number of rotatable bonds is 10. The molecule has 0 amide bonds. The summed E-state index contributed by atoms with van der Waals surface area (Å²) in [5.41, 5.74) is 4.21. The number of sulfone groups is 1. The maximum absolute atomic E-state index is 12.4. The summed E-state index contributed by atoms with van der Waals surface area (Å²) in [6.07, 6.45) is 9.27. The Morgan fingerprint density at radius 3 is 2.37 bits per heavy atom. The summed E-state index contributed by atoms with van der Waals surface area (Å²) in [6.45, 7) is 7.23. The number of nitrogens with one attached hydrogen (secondary N) is 2. The number of piperidine rings is 1. The van der Waals surface area contributed by atoms with Crippen LogP contribution in [0.4, 0.5) is 5.69 Å². The molecule has 10 heteroatoms. The number of aryl methyl sites for hydroxylation is 2.